The van der Waals surface area contributed by atoms with E-state index < -0.39 is 11.9 Å². The molecular weight excluding hydrogens is 416 g/mol. The van der Waals surface area contributed by atoms with Crippen molar-refractivity contribution >= 4 is 41.3 Å². The molecule has 1 aliphatic rings. The average molecular weight is 434 g/mol. The van der Waals surface area contributed by atoms with Gasteiger partial charge in [0.25, 0.3) is 0 Å². The van der Waals surface area contributed by atoms with Gasteiger partial charge in [0, 0.05) is 18.5 Å². The van der Waals surface area contributed by atoms with E-state index in [9.17, 15) is 13.2 Å². The Kier molecular flexibility index (Phi) is 6.70. The molecule has 4 nitrogen and oxygen atoms in total. The summed E-state index contributed by atoms with van der Waals surface area (Å²) >= 11 is 0.953. The minimum absolute atomic E-state index is 0. The highest BCUT2D eigenvalue weighted by Gasteiger charge is 2.33. The third kappa shape index (κ3) is 5.28. The van der Waals surface area contributed by atoms with E-state index >= 15 is 0 Å². The van der Waals surface area contributed by atoms with Crippen LogP contribution in [0.15, 0.2) is 10.4 Å². The fraction of sp³-hybridized carbons (Fsp3) is 0.667. The predicted molar refractivity (Wildman–Crippen MR) is 87.8 cm³/mol. The second-order valence-electron chi connectivity index (χ2n) is 4.97. The van der Waals surface area contributed by atoms with Crippen molar-refractivity contribution in [3.05, 3.63) is 16.1 Å². The summed E-state index contributed by atoms with van der Waals surface area (Å²) in [5, 5.41) is 1.33. The van der Waals surface area contributed by atoms with Gasteiger partial charge in [-0.2, -0.15) is 13.2 Å². The summed E-state index contributed by atoms with van der Waals surface area (Å²) in [6.45, 7) is 3.99. The van der Waals surface area contributed by atoms with Crippen LogP contribution in [0.3, 0.4) is 0 Å². The summed E-state index contributed by atoms with van der Waals surface area (Å²) in [6.07, 6.45) is -2.27. The van der Waals surface area contributed by atoms with Crippen molar-refractivity contribution in [3.63, 3.8) is 0 Å². The lowest BCUT2D eigenvalue weighted by atomic mass is 10.00. The van der Waals surface area contributed by atoms with Gasteiger partial charge in [0.05, 0.1) is 6.54 Å². The van der Waals surface area contributed by atoms with Crippen molar-refractivity contribution in [2.45, 2.75) is 32.5 Å². The van der Waals surface area contributed by atoms with Crippen LogP contribution in [0.2, 0.25) is 0 Å². The number of hydrogen-bond acceptors (Lipinski definition) is 3. The Hall–Kier alpha value is -0.580. The van der Waals surface area contributed by atoms with Crippen LogP contribution in [0.4, 0.5) is 13.2 Å². The number of likely N-dealkylation sites (tertiary alicyclic amines) is 1. The molecule has 0 atom stereocenters. The Labute approximate surface area is 142 Å². The molecule has 2 N–H and O–H groups in total. The Morgan fingerprint density at radius 3 is 2.62 bits per heavy atom. The fourth-order valence-corrected chi connectivity index (χ4v) is 2.72. The molecule has 21 heavy (non-hydrogen) atoms. The summed E-state index contributed by atoms with van der Waals surface area (Å²) in [4.78, 5) is 9.63. The lowest BCUT2D eigenvalue weighted by Gasteiger charge is -2.30. The summed E-state index contributed by atoms with van der Waals surface area (Å²) in [6, 6.07) is 0. The van der Waals surface area contributed by atoms with E-state index in [2.05, 4.69) is 16.9 Å². The Morgan fingerprint density at radius 2 is 2.10 bits per heavy atom. The number of aromatic nitrogens is 1. The van der Waals surface area contributed by atoms with Crippen molar-refractivity contribution in [3.8, 4) is 0 Å². The standard InChI is InChI=1S/C12H17F3N4S.HI/c1-8-2-4-19(5-3-8)11(16)17-6-10-18-9(7-20-10)12(13,14)15;/h7-8H,2-6H2,1H3,(H2,16,17);1H. The first-order valence-corrected chi connectivity index (χ1v) is 7.30. The third-order valence-corrected chi connectivity index (χ3v) is 4.16. The van der Waals surface area contributed by atoms with E-state index in [1.54, 1.807) is 0 Å². The van der Waals surface area contributed by atoms with Gasteiger partial charge in [-0.25, -0.2) is 9.98 Å². The van der Waals surface area contributed by atoms with Gasteiger partial charge in [-0.15, -0.1) is 35.3 Å². The second-order valence-corrected chi connectivity index (χ2v) is 5.91. The minimum Gasteiger partial charge on any atom is -0.370 e. The number of nitrogens with two attached hydrogens (primary N) is 1. The van der Waals surface area contributed by atoms with Gasteiger partial charge < -0.3 is 10.6 Å². The first-order chi connectivity index (χ1) is 9.36. The molecule has 2 heterocycles. The molecule has 0 radical (unpaired) electrons. The molecule has 9 heteroatoms. The van der Waals surface area contributed by atoms with Crippen molar-refractivity contribution in [1.82, 2.24) is 9.88 Å². The van der Waals surface area contributed by atoms with Crippen molar-refractivity contribution < 1.29 is 13.2 Å². The van der Waals surface area contributed by atoms with Gasteiger partial charge >= 0.3 is 6.18 Å². The lowest BCUT2D eigenvalue weighted by Crippen LogP contribution is -2.42. The molecule has 1 saturated heterocycles. The monoisotopic (exact) mass is 434 g/mol. The lowest BCUT2D eigenvalue weighted by molar-refractivity contribution is -0.140. The molecule has 2 rings (SSSR count). The van der Waals surface area contributed by atoms with E-state index in [1.165, 1.54) is 0 Å². The predicted octanol–water partition coefficient (Wildman–Crippen LogP) is 3.33. The van der Waals surface area contributed by atoms with Crippen LogP contribution in [0.5, 0.6) is 0 Å². The molecule has 1 aromatic heterocycles. The molecule has 1 fully saturated rings. The average Bonchev–Trinajstić information content (AvgIpc) is 2.85. The van der Waals surface area contributed by atoms with Crippen LogP contribution in [0.25, 0.3) is 0 Å². The largest absolute Gasteiger partial charge is 0.434 e. The van der Waals surface area contributed by atoms with Crippen LogP contribution < -0.4 is 5.73 Å². The van der Waals surface area contributed by atoms with E-state index in [-0.39, 0.29) is 30.5 Å². The zero-order chi connectivity index (χ0) is 14.8. The summed E-state index contributed by atoms with van der Waals surface area (Å²) in [5.41, 5.74) is 5.00. The molecule has 0 saturated carbocycles. The molecule has 1 aromatic rings. The van der Waals surface area contributed by atoms with E-state index in [1.807, 2.05) is 4.90 Å². The maximum absolute atomic E-state index is 12.4. The fourth-order valence-electron chi connectivity index (χ4n) is 2.00. The Bertz CT molecular complexity index is 481. The molecular formula is C12H18F3IN4S. The molecule has 0 bridgehead atoms. The van der Waals surface area contributed by atoms with Crippen LogP contribution >= 0.6 is 35.3 Å². The first-order valence-electron chi connectivity index (χ1n) is 6.42. The Morgan fingerprint density at radius 1 is 1.48 bits per heavy atom. The number of halogens is 4. The second kappa shape index (κ2) is 7.61. The smallest absolute Gasteiger partial charge is 0.370 e. The normalized spacial score (nSPS) is 17.7. The third-order valence-electron chi connectivity index (χ3n) is 3.33. The molecule has 0 aromatic carbocycles. The number of nitrogens with zero attached hydrogens (tertiary/aromatic N) is 3. The van der Waals surface area contributed by atoms with Gasteiger partial charge in [-0.3, -0.25) is 0 Å². The number of piperidine rings is 1. The number of alkyl halides is 3. The van der Waals surface area contributed by atoms with E-state index in [0.29, 0.717) is 16.9 Å². The highest BCUT2D eigenvalue weighted by Crippen LogP contribution is 2.30. The summed E-state index contributed by atoms with van der Waals surface area (Å²) < 4.78 is 37.2. The minimum atomic E-state index is -4.40. The number of guanidine groups is 1. The zero-order valence-corrected chi connectivity index (χ0v) is 14.7. The van der Waals surface area contributed by atoms with Crippen molar-refractivity contribution in [2.24, 2.45) is 16.6 Å². The van der Waals surface area contributed by atoms with Crippen molar-refractivity contribution in [2.75, 3.05) is 13.1 Å². The maximum Gasteiger partial charge on any atom is 0.434 e. The van der Waals surface area contributed by atoms with Gasteiger partial charge in [-0.1, -0.05) is 6.92 Å². The first kappa shape index (κ1) is 18.5. The van der Waals surface area contributed by atoms with Crippen molar-refractivity contribution in [1.29, 1.82) is 0 Å². The molecule has 1 aliphatic heterocycles. The van der Waals surface area contributed by atoms with Gasteiger partial charge in [0.15, 0.2) is 11.7 Å². The SMILES string of the molecule is CC1CCN(C(N)=NCc2nc(C(F)(F)F)cs2)CC1.I. The molecule has 0 aliphatic carbocycles. The maximum atomic E-state index is 12.4. The van der Waals surface area contributed by atoms with Crippen LogP contribution in [-0.2, 0) is 12.7 Å². The molecule has 0 unspecified atom stereocenters. The number of hydrogen-bond donors (Lipinski definition) is 1. The van der Waals surface area contributed by atoms with E-state index in [4.69, 9.17) is 5.73 Å². The zero-order valence-electron chi connectivity index (χ0n) is 11.6. The summed E-state index contributed by atoms with van der Waals surface area (Å²) in [7, 11) is 0. The van der Waals surface area contributed by atoms with Gasteiger partial charge in [-0.05, 0) is 18.8 Å². The highest BCUT2D eigenvalue weighted by molar-refractivity contribution is 14.0. The number of thiazole rings is 1. The highest BCUT2D eigenvalue weighted by atomic mass is 127. The molecule has 0 spiro atoms. The van der Waals surface area contributed by atoms with E-state index in [0.717, 1.165) is 42.6 Å². The quantitative estimate of drug-likeness (QED) is 0.442. The molecule has 120 valence electrons. The van der Waals surface area contributed by atoms with Gasteiger partial charge in [0.2, 0.25) is 0 Å². The number of aliphatic imine (C=N–C) groups is 1. The number of rotatable bonds is 2. The van der Waals surface area contributed by atoms with Gasteiger partial charge in [0.1, 0.15) is 5.01 Å². The Balaban J connectivity index is 0.00000220. The summed E-state index contributed by atoms with van der Waals surface area (Å²) in [5.74, 6) is 1.08. The van der Waals surface area contributed by atoms with Crippen LogP contribution in [0, 0.1) is 5.92 Å². The van der Waals surface area contributed by atoms with Crippen LogP contribution in [-0.4, -0.2) is 28.9 Å². The molecule has 0 amide bonds. The van der Waals surface area contributed by atoms with Crippen LogP contribution in [0.1, 0.15) is 30.5 Å². The topological polar surface area (TPSA) is 54.5 Å².